The number of carboxylic acids is 1. The largest absolute Gasteiger partial charge is 0.477 e. The van der Waals surface area contributed by atoms with Crippen LogP contribution in [0.15, 0.2) is 48.5 Å². The number of aromatic nitrogens is 1. The summed E-state index contributed by atoms with van der Waals surface area (Å²) in [4.78, 5) is 17.6. The Morgan fingerprint density at radius 3 is 2.88 bits per heavy atom. The molecule has 0 saturated carbocycles. The Hall–Kier alpha value is -2.05. The van der Waals surface area contributed by atoms with Crippen LogP contribution in [0.3, 0.4) is 0 Å². The first-order chi connectivity index (χ1) is 11.7. The third kappa shape index (κ3) is 4.49. The van der Waals surface area contributed by atoms with Gasteiger partial charge in [0.2, 0.25) is 0 Å². The summed E-state index contributed by atoms with van der Waals surface area (Å²) in [5.74, 6) is 1.83. The maximum atomic E-state index is 11.0. The number of benzene rings is 1. The topological polar surface area (TPSA) is 65.5 Å². The lowest BCUT2D eigenvalue weighted by Gasteiger charge is -2.35. The lowest BCUT2D eigenvalue weighted by atomic mass is 10.1. The van der Waals surface area contributed by atoms with Gasteiger partial charge in [0.15, 0.2) is 5.69 Å². The molecule has 1 aliphatic heterocycles. The molecule has 1 unspecified atom stereocenters. The van der Waals surface area contributed by atoms with Crippen LogP contribution in [0.25, 0.3) is 0 Å². The fourth-order valence-electron chi connectivity index (χ4n) is 2.78. The Bertz CT molecular complexity index is 681. The molecule has 2 heterocycles. The minimum atomic E-state index is -1.00. The summed E-state index contributed by atoms with van der Waals surface area (Å²) in [5, 5.41) is 12.3. The van der Waals surface area contributed by atoms with Crippen molar-refractivity contribution in [2.24, 2.45) is 0 Å². The average molecular weight is 343 g/mol. The zero-order chi connectivity index (χ0) is 16.8. The van der Waals surface area contributed by atoms with Gasteiger partial charge in [0.25, 0.3) is 0 Å². The first-order valence-corrected chi connectivity index (χ1v) is 9.18. The quantitative estimate of drug-likeness (QED) is 0.841. The van der Waals surface area contributed by atoms with Crippen molar-refractivity contribution in [1.82, 2.24) is 9.88 Å². The molecule has 24 heavy (non-hydrogen) atoms. The molecular weight excluding hydrogens is 322 g/mol. The van der Waals surface area contributed by atoms with Crippen LogP contribution in [0.2, 0.25) is 0 Å². The number of nitrogens with zero attached hydrogens (tertiary/aromatic N) is 2. The molecular formula is C18H21N3O2S. The number of anilines is 1. The molecule has 6 heteroatoms. The number of carboxylic acid groups (broad SMARTS) is 1. The van der Waals surface area contributed by atoms with E-state index in [0.717, 1.165) is 31.1 Å². The standard InChI is InChI=1S/C18H21N3O2S/c22-18(23)16-7-4-8-17(20-16)19-11-15-13-24-10-9-21(15)12-14-5-2-1-3-6-14/h1-8,15H,9-13H2,(H,19,20)(H,22,23). The van der Waals surface area contributed by atoms with Gasteiger partial charge in [-0.25, -0.2) is 9.78 Å². The van der Waals surface area contributed by atoms with Crippen LogP contribution in [-0.4, -0.2) is 51.6 Å². The molecule has 0 radical (unpaired) electrons. The highest BCUT2D eigenvalue weighted by Gasteiger charge is 2.22. The van der Waals surface area contributed by atoms with E-state index < -0.39 is 5.97 Å². The van der Waals surface area contributed by atoms with Crippen molar-refractivity contribution >= 4 is 23.5 Å². The second-order valence-electron chi connectivity index (χ2n) is 5.78. The molecule has 1 fully saturated rings. The molecule has 1 aliphatic rings. The fourth-order valence-corrected chi connectivity index (χ4v) is 3.91. The summed E-state index contributed by atoms with van der Waals surface area (Å²) in [6.07, 6.45) is 0. The van der Waals surface area contributed by atoms with E-state index in [1.807, 2.05) is 23.9 Å². The van der Waals surface area contributed by atoms with Gasteiger partial charge < -0.3 is 10.4 Å². The average Bonchev–Trinajstić information content (AvgIpc) is 2.62. The number of hydrogen-bond donors (Lipinski definition) is 2. The second-order valence-corrected chi connectivity index (χ2v) is 6.93. The third-order valence-corrected chi connectivity index (χ3v) is 5.16. The van der Waals surface area contributed by atoms with Crippen molar-refractivity contribution in [3.63, 3.8) is 0 Å². The summed E-state index contributed by atoms with van der Waals surface area (Å²) in [7, 11) is 0. The molecule has 0 bridgehead atoms. The van der Waals surface area contributed by atoms with E-state index in [9.17, 15) is 4.79 Å². The number of nitrogens with one attached hydrogen (secondary N) is 1. The monoisotopic (exact) mass is 343 g/mol. The van der Waals surface area contributed by atoms with E-state index >= 15 is 0 Å². The first-order valence-electron chi connectivity index (χ1n) is 8.02. The molecule has 2 N–H and O–H groups in total. The predicted octanol–water partition coefficient (Wildman–Crippen LogP) is 2.81. The molecule has 1 atom stereocenters. The number of aromatic carboxylic acids is 1. The van der Waals surface area contributed by atoms with Crippen LogP contribution in [0.4, 0.5) is 5.82 Å². The third-order valence-electron chi connectivity index (χ3n) is 4.06. The highest BCUT2D eigenvalue weighted by molar-refractivity contribution is 7.99. The molecule has 0 aliphatic carbocycles. The van der Waals surface area contributed by atoms with Crippen molar-refractivity contribution in [2.45, 2.75) is 12.6 Å². The predicted molar refractivity (Wildman–Crippen MR) is 97.7 cm³/mol. The van der Waals surface area contributed by atoms with Crippen LogP contribution in [-0.2, 0) is 6.54 Å². The normalized spacial score (nSPS) is 18.2. The fraction of sp³-hybridized carbons (Fsp3) is 0.333. The highest BCUT2D eigenvalue weighted by Crippen LogP contribution is 2.19. The number of pyridine rings is 1. The van der Waals surface area contributed by atoms with Crippen LogP contribution in [0, 0.1) is 0 Å². The van der Waals surface area contributed by atoms with E-state index in [-0.39, 0.29) is 5.69 Å². The molecule has 1 aromatic heterocycles. The number of carbonyl (C=O) groups is 1. The van der Waals surface area contributed by atoms with Crippen molar-refractivity contribution < 1.29 is 9.90 Å². The SMILES string of the molecule is O=C(O)c1cccc(NCC2CSCCN2Cc2ccccc2)n1. The van der Waals surface area contributed by atoms with Crippen molar-refractivity contribution in [3.05, 3.63) is 59.8 Å². The smallest absolute Gasteiger partial charge is 0.354 e. The second kappa shape index (κ2) is 8.17. The highest BCUT2D eigenvalue weighted by atomic mass is 32.2. The molecule has 2 aromatic rings. The van der Waals surface area contributed by atoms with Gasteiger partial charge in [-0.15, -0.1) is 0 Å². The van der Waals surface area contributed by atoms with Gasteiger partial charge in [0, 0.05) is 37.2 Å². The van der Waals surface area contributed by atoms with E-state index in [1.165, 1.54) is 11.6 Å². The Morgan fingerprint density at radius 1 is 1.25 bits per heavy atom. The molecule has 1 aromatic carbocycles. The summed E-state index contributed by atoms with van der Waals surface area (Å²) >= 11 is 1.96. The minimum Gasteiger partial charge on any atom is -0.477 e. The zero-order valence-electron chi connectivity index (χ0n) is 13.4. The van der Waals surface area contributed by atoms with E-state index in [1.54, 1.807) is 6.07 Å². The zero-order valence-corrected chi connectivity index (χ0v) is 14.2. The lowest BCUT2D eigenvalue weighted by Crippen LogP contribution is -2.45. The number of hydrogen-bond acceptors (Lipinski definition) is 5. The summed E-state index contributed by atoms with van der Waals surface area (Å²) in [6.45, 7) is 2.76. The van der Waals surface area contributed by atoms with Crippen LogP contribution in [0.1, 0.15) is 16.1 Å². The summed E-state index contributed by atoms with van der Waals surface area (Å²) < 4.78 is 0. The van der Waals surface area contributed by atoms with Gasteiger partial charge >= 0.3 is 5.97 Å². The number of rotatable bonds is 6. The molecule has 0 amide bonds. The van der Waals surface area contributed by atoms with E-state index in [4.69, 9.17) is 5.11 Å². The van der Waals surface area contributed by atoms with Gasteiger partial charge in [0.05, 0.1) is 0 Å². The molecule has 0 spiro atoms. The molecule has 1 saturated heterocycles. The van der Waals surface area contributed by atoms with Gasteiger partial charge in [-0.2, -0.15) is 11.8 Å². The van der Waals surface area contributed by atoms with Gasteiger partial charge in [-0.05, 0) is 17.7 Å². The maximum Gasteiger partial charge on any atom is 0.354 e. The Balaban J connectivity index is 1.61. The van der Waals surface area contributed by atoms with Crippen LogP contribution in [0.5, 0.6) is 0 Å². The lowest BCUT2D eigenvalue weighted by molar-refractivity contribution is 0.0690. The Labute approximate surface area is 146 Å². The molecule has 5 nitrogen and oxygen atoms in total. The van der Waals surface area contributed by atoms with Crippen molar-refractivity contribution in [1.29, 1.82) is 0 Å². The van der Waals surface area contributed by atoms with E-state index in [2.05, 4.69) is 39.5 Å². The molecule has 3 rings (SSSR count). The van der Waals surface area contributed by atoms with Crippen molar-refractivity contribution in [2.75, 3.05) is 29.9 Å². The van der Waals surface area contributed by atoms with Gasteiger partial charge in [-0.1, -0.05) is 36.4 Å². The van der Waals surface area contributed by atoms with Gasteiger partial charge in [-0.3, -0.25) is 4.90 Å². The van der Waals surface area contributed by atoms with Crippen LogP contribution >= 0.6 is 11.8 Å². The van der Waals surface area contributed by atoms with Crippen molar-refractivity contribution in [3.8, 4) is 0 Å². The Morgan fingerprint density at radius 2 is 2.08 bits per heavy atom. The molecule has 126 valence electrons. The Kier molecular flexibility index (Phi) is 5.72. The van der Waals surface area contributed by atoms with Crippen LogP contribution < -0.4 is 5.32 Å². The first kappa shape index (κ1) is 16.8. The number of thioether (sulfide) groups is 1. The van der Waals surface area contributed by atoms with E-state index in [0.29, 0.717) is 11.9 Å². The summed E-state index contributed by atoms with van der Waals surface area (Å²) in [6, 6.07) is 15.9. The minimum absolute atomic E-state index is 0.0687. The summed E-state index contributed by atoms with van der Waals surface area (Å²) in [5.41, 5.74) is 1.39. The van der Waals surface area contributed by atoms with Gasteiger partial charge in [0.1, 0.15) is 5.82 Å². The maximum absolute atomic E-state index is 11.0.